The van der Waals surface area contributed by atoms with Gasteiger partial charge in [-0.1, -0.05) is 12.1 Å². The van der Waals surface area contributed by atoms with Gasteiger partial charge in [0.25, 0.3) is 5.69 Å². The average molecular weight is 328 g/mol. The molecule has 24 heavy (non-hydrogen) atoms. The topological polar surface area (TPSA) is 75.8 Å². The molecule has 1 fully saturated rings. The van der Waals surface area contributed by atoms with Gasteiger partial charge in [0.2, 0.25) is 0 Å². The molecule has 0 radical (unpaired) electrons. The molecule has 126 valence electrons. The van der Waals surface area contributed by atoms with Crippen LogP contribution in [0.25, 0.3) is 0 Å². The SMILES string of the molecule is COc1ccc(N2CC[C@H](CO)[C@H]2c2ccc([N+](=O)[O-])cc2)cc1. The van der Waals surface area contributed by atoms with Crippen LogP contribution in [0, 0.1) is 16.0 Å². The second-order valence-electron chi connectivity index (χ2n) is 5.92. The van der Waals surface area contributed by atoms with Crippen LogP contribution >= 0.6 is 0 Å². The Balaban J connectivity index is 1.92. The van der Waals surface area contributed by atoms with Crippen molar-refractivity contribution in [3.05, 3.63) is 64.2 Å². The number of methoxy groups -OCH3 is 1. The molecule has 1 N–H and O–H groups in total. The lowest BCUT2D eigenvalue weighted by Crippen LogP contribution is -2.26. The molecule has 3 rings (SSSR count). The number of nitrogens with zero attached hydrogens (tertiary/aromatic N) is 2. The van der Waals surface area contributed by atoms with Crippen molar-refractivity contribution in [3.63, 3.8) is 0 Å². The molecule has 1 aliphatic rings. The summed E-state index contributed by atoms with van der Waals surface area (Å²) in [6.07, 6.45) is 0.879. The summed E-state index contributed by atoms with van der Waals surface area (Å²) in [7, 11) is 1.63. The number of nitro groups is 1. The number of anilines is 1. The van der Waals surface area contributed by atoms with Crippen LogP contribution in [-0.2, 0) is 0 Å². The predicted octanol–water partition coefficient (Wildman–Crippen LogP) is 3.16. The first-order chi connectivity index (χ1) is 11.6. The summed E-state index contributed by atoms with van der Waals surface area (Å²) in [5.41, 5.74) is 2.11. The lowest BCUT2D eigenvalue weighted by Gasteiger charge is -2.30. The molecule has 0 aliphatic carbocycles. The fourth-order valence-corrected chi connectivity index (χ4v) is 3.36. The van der Waals surface area contributed by atoms with Crippen LogP contribution in [0.3, 0.4) is 0 Å². The van der Waals surface area contributed by atoms with E-state index in [4.69, 9.17) is 4.74 Å². The standard InChI is InChI=1S/C18H20N2O4/c1-24-17-8-6-15(7-9-17)19-11-10-14(12-21)18(19)13-2-4-16(5-3-13)20(22)23/h2-9,14,18,21H,10-12H2,1H3/t14-,18-/m1/s1. The Morgan fingerprint density at radius 1 is 1.21 bits per heavy atom. The number of nitro benzene ring substituents is 1. The Morgan fingerprint density at radius 3 is 2.42 bits per heavy atom. The summed E-state index contributed by atoms with van der Waals surface area (Å²) in [6, 6.07) is 14.4. The van der Waals surface area contributed by atoms with Gasteiger partial charge in [-0.2, -0.15) is 0 Å². The fraction of sp³-hybridized carbons (Fsp3) is 0.333. The summed E-state index contributed by atoms with van der Waals surface area (Å²) < 4.78 is 5.20. The zero-order valence-electron chi connectivity index (χ0n) is 13.5. The van der Waals surface area contributed by atoms with Crippen LogP contribution in [0.15, 0.2) is 48.5 Å². The molecular formula is C18H20N2O4. The third kappa shape index (κ3) is 3.05. The van der Waals surface area contributed by atoms with Crippen molar-refractivity contribution in [1.82, 2.24) is 0 Å². The van der Waals surface area contributed by atoms with E-state index in [0.29, 0.717) is 0 Å². The summed E-state index contributed by atoms with van der Waals surface area (Å²) in [5.74, 6) is 0.900. The van der Waals surface area contributed by atoms with Gasteiger partial charge in [-0.05, 0) is 36.2 Å². The van der Waals surface area contributed by atoms with E-state index in [-0.39, 0.29) is 24.3 Å². The number of aliphatic hydroxyl groups excluding tert-OH is 1. The molecule has 2 aromatic rings. The second kappa shape index (κ2) is 6.88. The molecule has 0 unspecified atom stereocenters. The van der Waals surface area contributed by atoms with Crippen molar-refractivity contribution < 1.29 is 14.8 Å². The summed E-state index contributed by atoms with van der Waals surface area (Å²) in [5, 5.41) is 20.6. The molecule has 2 atom stereocenters. The molecule has 0 bridgehead atoms. The number of ether oxygens (including phenoxy) is 1. The molecule has 6 heteroatoms. The summed E-state index contributed by atoms with van der Waals surface area (Å²) in [4.78, 5) is 12.7. The normalized spacial score (nSPS) is 20.2. The minimum Gasteiger partial charge on any atom is -0.497 e. The molecule has 0 spiro atoms. The van der Waals surface area contributed by atoms with Gasteiger partial charge >= 0.3 is 0 Å². The monoisotopic (exact) mass is 328 g/mol. The van der Waals surface area contributed by atoms with Crippen molar-refractivity contribution >= 4 is 11.4 Å². The van der Waals surface area contributed by atoms with E-state index < -0.39 is 4.92 Å². The maximum Gasteiger partial charge on any atom is 0.269 e. The van der Waals surface area contributed by atoms with Crippen molar-refractivity contribution in [2.75, 3.05) is 25.2 Å². The molecule has 1 aliphatic heterocycles. The van der Waals surface area contributed by atoms with Crippen LogP contribution in [0.1, 0.15) is 18.0 Å². The highest BCUT2D eigenvalue weighted by Crippen LogP contribution is 2.40. The number of non-ortho nitro benzene ring substituents is 1. The maximum atomic E-state index is 10.8. The third-order valence-electron chi connectivity index (χ3n) is 4.61. The van der Waals surface area contributed by atoms with Gasteiger partial charge in [0.1, 0.15) is 5.75 Å². The first-order valence-corrected chi connectivity index (χ1v) is 7.90. The Kier molecular flexibility index (Phi) is 4.66. The number of rotatable bonds is 5. The van der Waals surface area contributed by atoms with Crippen LogP contribution in [0.2, 0.25) is 0 Å². The molecule has 6 nitrogen and oxygen atoms in total. The van der Waals surface area contributed by atoms with Gasteiger partial charge in [0.15, 0.2) is 0 Å². The Hall–Kier alpha value is -2.60. The van der Waals surface area contributed by atoms with Crippen molar-refractivity contribution in [2.24, 2.45) is 5.92 Å². The molecule has 0 aromatic heterocycles. The fourth-order valence-electron chi connectivity index (χ4n) is 3.36. The van der Waals surface area contributed by atoms with Gasteiger partial charge in [0, 0.05) is 36.9 Å². The van der Waals surface area contributed by atoms with Gasteiger partial charge in [-0.3, -0.25) is 10.1 Å². The molecule has 0 amide bonds. The quantitative estimate of drug-likeness (QED) is 0.674. The molecule has 1 saturated heterocycles. The van der Waals surface area contributed by atoms with E-state index in [1.54, 1.807) is 19.2 Å². The van der Waals surface area contributed by atoms with Gasteiger partial charge < -0.3 is 14.7 Å². The smallest absolute Gasteiger partial charge is 0.269 e. The number of hydrogen-bond acceptors (Lipinski definition) is 5. The zero-order chi connectivity index (χ0) is 17.1. The van der Waals surface area contributed by atoms with Crippen LogP contribution in [-0.4, -0.2) is 30.3 Å². The van der Waals surface area contributed by atoms with E-state index in [1.807, 2.05) is 24.3 Å². The lowest BCUT2D eigenvalue weighted by atomic mass is 9.94. The lowest BCUT2D eigenvalue weighted by molar-refractivity contribution is -0.384. The largest absolute Gasteiger partial charge is 0.497 e. The Labute approximate surface area is 140 Å². The first-order valence-electron chi connectivity index (χ1n) is 7.90. The highest BCUT2D eigenvalue weighted by atomic mass is 16.6. The molecule has 2 aromatic carbocycles. The van der Waals surface area contributed by atoms with Gasteiger partial charge in [0.05, 0.1) is 18.1 Å². The predicted molar refractivity (Wildman–Crippen MR) is 91.4 cm³/mol. The van der Waals surface area contributed by atoms with E-state index in [1.165, 1.54) is 12.1 Å². The van der Waals surface area contributed by atoms with E-state index in [0.717, 1.165) is 30.0 Å². The van der Waals surface area contributed by atoms with Gasteiger partial charge in [-0.25, -0.2) is 0 Å². The minimum atomic E-state index is -0.400. The molecular weight excluding hydrogens is 308 g/mol. The van der Waals surface area contributed by atoms with Crippen molar-refractivity contribution in [2.45, 2.75) is 12.5 Å². The molecule has 1 heterocycles. The van der Waals surface area contributed by atoms with Crippen molar-refractivity contribution in [1.29, 1.82) is 0 Å². The van der Waals surface area contributed by atoms with Crippen LogP contribution < -0.4 is 9.64 Å². The van der Waals surface area contributed by atoms with Gasteiger partial charge in [-0.15, -0.1) is 0 Å². The second-order valence-corrected chi connectivity index (χ2v) is 5.92. The van der Waals surface area contributed by atoms with E-state index in [2.05, 4.69) is 4.90 Å². The van der Waals surface area contributed by atoms with Crippen molar-refractivity contribution in [3.8, 4) is 5.75 Å². The Bertz CT molecular complexity index is 700. The zero-order valence-corrected chi connectivity index (χ0v) is 13.5. The summed E-state index contributed by atoms with van der Waals surface area (Å²) in [6.45, 7) is 0.924. The Morgan fingerprint density at radius 2 is 1.88 bits per heavy atom. The summed E-state index contributed by atoms with van der Waals surface area (Å²) >= 11 is 0. The maximum absolute atomic E-state index is 10.8. The average Bonchev–Trinajstić information content (AvgIpc) is 3.06. The highest BCUT2D eigenvalue weighted by Gasteiger charge is 2.35. The minimum absolute atomic E-state index is 0.00389. The van der Waals surface area contributed by atoms with E-state index in [9.17, 15) is 15.2 Å². The van der Waals surface area contributed by atoms with E-state index >= 15 is 0 Å². The van der Waals surface area contributed by atoms with Crippen LogP contribution in [0.5, 0.6) is 5.75 Å². The number of aliphatic hydroxyl groups is 1. The highest BCUT2D eigenvalue weighted by molar-refractivity contribution is 5.53. The van der Waals surface area contributed by atoms with Crippen LogP contribution in [0.4, 0.5) is 11.4 Å². The number of benzene rings is 2. The third-order valence-corrected chi connectivity index (χ3v) is 4.61. The number of hydrogen-bond donors (Lipinski definition) is 1. The molecule has 0 saturated carbocycles. The first kappa shape index (κ1) is 16.3.